The Hall–Kier alpha value is -3.22. The zero-order valence-electron chi connectivity index (χ0n) is 16.3. The molecular formula is C21H24N4O3. The van der Waals surface area contributed by atoms with Crippen LogP contribution in [-0.2, 0) is 13.0 Å². The lowest BCUT2D eigenvalue weighted by atomic mass is 10.1. The predicted octanol–water partition coefficient (Wildman–Crippen LogP) is 2.43. The lowest BCUT2D eigenvalue weighted by Gasteiger charge is -2.13. The van der Waals surface area contributed by atoms with Gasteiger partial charge in [0, 0.05) is 19.3 Å². The highest BCUT2D eigenvalue weighted by molar-refractivity contribution is 5.93. The van der Waals surface area contributed by atoms with E-state index < -0.39 is 11.5 Å². The van der Waals surface area contributed by atoms with Gasteiger partial charge in [-0.15, -0.1) is 0 Å². The predicted molar refractivity (Wildman–Crippen MR) is 108 cm³/mol. The Labute approximate surface area is 163 Å². The Kier molecular flexibility index (Phi) is 6.03. The maximum absolute atomic E-state index is 12.8. The summed E-state index contributed by atoms with van der Waals surface area (Å²) in [4.78, 5) is 34.0. The quantitative estimate of drug-likeness (QED) is 0.680. The van der Waals surface area contributed by atoms with Gasteiger partial charge in [-0.1, -0.05) is 26.0 Å². The van der Waals surface area contributed by atoms with Gasteiger partial charge in [-0.3, -0.25) is 14.2 Å². The molecule has 3 rings (SSSR count). The van der Waals surface area contributed by atoms with E-state index in [0.717, 1.165) is 11.3 Å². The maximum atomic E-state index is 12.8. The van der Waals surface area contributed by atoms with Gasteiger partial charge in [0.2, 0.25) is 0 Å². The minimum Gasteiger partial charge on any atom is -0.497 e. The highest BCUT2D eigenvalue weighted by atomic mass is 16.5. The molecule has 0 saturated heterocycles. The van der Waals surface area contributed by atoms with Crippen molar-refractivity contribution in [1.29, 1.82) is 0 Å². The number of benzene rings is 1. The van der Waals surface area contributed by atoms with Crippen molar-refractivity contribution in [3.05, 3.63) is 64.2 Å². The van der Waals surface area contributed by atoms with Crippen LogP contribution in [0.1, 0.15) is 29.9 Å². The molecule has 7 nitrogen and oxygen atoms in total. The van der Waals surface area contributed by atoms with E-state index in [-0.39, 0.29) is 11.6 Å². The third-order valence-corrected chi connectivity index (χ3v) is 4.32. The second kappa shape index (κ2) is 8.65. The lowest BCUT2D eigenvalue weighted by molar-refractivity contribution is 0.0947. The number of hydrogen-bond donors (Lipinski definition) is 1. The number of fused-ring (bicyclic) bond motifs is 1. The summed E-state index contributed by atoms with van der Waals surface area (Å²) in [6.07, 6.45) is 2.26. The Balaban J connectivity index is 1.78. The lowest BCUT2D eigenvalue weighted by Crippen LogP contribution is -2.36. The fourth-order valence-electron chi connectivity index (χ4n) is 2.95. The summed E-state index contributed by atoms with van der Waals surface area (Å²) in [5.41, 5.74) is 1.57. The van der Waals surface area contributed by atoms with Gasteiger partial charge >= 0.3 is 0 Å². The topological polar surface area (TPSA) is 86.1 Å². The fourth-order valence-corrected chi connectivity index (χ4v) is 2.95. The molecule has 0 aliphatic heterocycles. The minimum absolute atomic E-state index is 0.101. The van der Waals surface area contributed by atoms with Gasteiger partial charge in [-0.25, -0.2) is 9.97 Å². The molecular weight excluding hydrogens is 356 g/mol. The molecule has 1 amide bonds. The van der Waals surface area contributed by atoms with Crippen molar-refractivity contribution in [2.45, 2.75) is 26.8 Å². The Morgan fingerprint density at radius 3 is 2.64 bits per heavy atom. The van der Waals surface area contributed by atoms with Crippen molar-refractivity contribution in [2.24, 2.45) is 5.92 Å². The first-order valence-corrected chi connectivity index (χ1v) is 9.26. The number of rotatable bonds is 7. The monoisotopic (exact) mass is 380 g/mol. The third kappa shape index (κ3) is 4.36. The van der Waals surface area contributed by atoms with Crippen molar-refractivity contribution < 1.29 is 9.53 Å². The van der Waals surface area contributed by atoms with Crippen LogP contribution in [0, 0.1) is 5.92 Å². The summed E-state index contributed by atoms with van der Waals surface area (Å²) in [6.45, 7) is 4.90. The molecule has 1 aromatic carbocycles. The molecule has 0 saturated carbocycles. The first-order chi connectivity index (χ1) is 13.5. The number of carbonyl (C=O) groups excluding carboxylic acids is 1. The van der Waals surface area contributed by atoms with Gasteiger partial charge in [0.15, 0.2) is 11.3 Å². The number of nitrogens with one attached hydrogen (secondary N) is 1. The van der Waals surface area contributed by atoms with Gasteiger partial charge in [0.1, 0.15) is 11.3 Å². The van der Waals surface area contributed by atoms with E-state index in [0.29, 0.717) is 30.7 Å². The van der Waals surface area contributed by atoms with E-state index in [9.17, 15) is 9.59 Å². The zero-order chi connectivity index (χ0) is 20.1. The fraction of sp³-hybridized carbons (Fsp3) is 0.333. The summed E-state index contributed by atoms with van der Waals surface area (Å²) in [5, 5.41) is 2.80. The maximum Gasteiger partial charge on any atom is 0.283 e. The Bertz CT molecular complexity index is 1030. The van der Waals surface area contributed by atoms with Crippen molar-refractivity contribution in [3.8, 4) is 5.75 Å². The van der Waals surface area contributed by atoms with E-state index in [2.05, 4.69) is 15.3 Å². The van der Waals surface area contributed by atoms with E-state index >= 15 is 0 Å². The highest BCUT2D eigenvalue weighted by Gasteiger charge is 2.18. The number of methoxy groups -OCH3 is 1. The van der Waals surface area contributed by atoms with Crippen LogP contribution >= 0.6 is 0 Å². The molecule has 7 heteroatoms. The van der Waals surface area contributed by atoms with Crippen LogP contribution in [0.15, 0.2) is 47.4 Å². The summed E-state index contributed by atoms with van der Waals surface area (Å²) in [6, 6.07) is 11.1. The Morgan fingerprint density at radius 2 is 1.96 bits per heavy atom. The summed E-state index contributed by atoms with van der Waals surface area (Å²) in [5.74, 6) is 0.547. The number of pyridine rings is 1. The first kappa shape index (κ1) is 19.5. The molecule has 146 valence electrons. The van der Waals surface area contributed by atoms with Gasteiger partial charge in [0.05, 0.1) is 7.11 Å². The summed E-state index contributed by atoms with van der Waals surface area (Å²) < 4.78 is 6.67. The standard InChI is InChI=1S/C21H24N4O3/c1-14(2)13-25-19-17(5-4-11-22-19)24-18(21(25)27)20(26)23-12-10-15-6-8-16(28-3)9-7-15/h4-9,11,14H,10,12-13H2,1-3H3,(H,23,26). The molecule has 28 heavy (non-hydrogen) atoms. The van der Waals surface area contributed by atoms with Crippen molar-refractivity contribution in [1.82, 2.24) is 19.9 Å². The first-order valence-electron chi connectivity index (χ1n) is 9.26. The zero-order valence-corrected chi connectivity index (χ0v) is 16.3. The Morgan fingerprint density at radius 1 is 1.21 bits per heavy atom. The van der Waals surface area contributed by atoms with Crippen LogP contribution in [0.5, 0.6) is 5.75 Å². The van der Waals surface area contributed by atoms with Crippen LogP contribution < -0.4 is 15.6 Å². The number of aromatic nitrogens is 3. The number of carbonyl (C=O) groups is 1. The molecule has 0 bridgehead atoms. The molecule has 0 unspecified atom stereocenters. The number of nitrogens with zero attached hydrogens (tertiary/aromatic N) is 3. The van der Waals surface area contributed by atoms with Gasteiger partial charge in [-0.2, -0.15) is 0 Å². The summed E-state index contributed by atoms with van der Waals surface area (Å²) in [7, 11) is 1.62. The number of amides is 1. The van der Waals surface area contributed by atoms with Crippen molar-refractivity contribution >= 4 is 17.1 Å². The number of ether oxygens (including phenoxy) is 1. The SMILES string of the molecule is COc1ccc(CCNC(=O)c2nc3cccnc3n(CC(C)C)c2=O)cc1. The van der Waals surface area contributed by atoms with Crippen LogP contribution in [0.3, 0.4) is 0 Å². The van der Waals surface area contributed by atoms with Gasteiger partial charge in [0.25, 0.3) is 11.5 Å². The molecule has 0 aliphatic rings. The molecule has 0 atom stereocenters. The highest BCUT2D eigenvalue weighted by Crippen LogP contribution is 2.12. The second-order valence-corrected chi connectivity index (χ2v) is 6.97. The average molecular weight is 380 g/mol. The third-order valence-electron chi connectivity index (χ3n) is 4.32. The van der Waals surface area contributed by atoms with Crippen LogP contribution in [0.4, 0.5) is 0 Å². The van der Waals surface area contributed by atoms with E-state index in [1.54, 1.807) is 25.4 Å². The van der Waals surface area contributed by atoms with Crippen molar-refractivity contribution in [2.75, 3.05) is 13.7 Å². The molecule has 2 aromatic heterocycles. The van der Waals surface area contributed by atoms with Gasteiger partial charge in [-0.05, 0) is 42.2 Å². The molecule has 0 fully saturated rings. The van der Waals surface area contributed by atoms with Crippen LogP contribution in [0.25, 0.3) is 11.2 Å². The summed E-state index contributed by atoms with van der Waals surface area (Å²) >= 11 is 0. The van der Waals surface area contributed by atoms with Gasteiger partial charge < -0.3 is 10.1 Å². The normalized spacial score (nSPS) is 11.0. The molecule has 0 aliphatic carbocycles. The molecule has 1 N–H and O–H groups in total. The number of hydrogen-bond acceptors (Lipinski definition) is 5. The van der Waals surface area contributed by atoms with Crippen molar-refractivity contribution in [3.63, 3.8) is 0 Å². The smallest absolute Gasteiger partial charge is 0.283 e. The average Bonchev–Trinajstić information content (AvgIpc) is 2.70. The van der Waals surface area contributed by atoms with Crippen LogP contribution in [-0.4, -0.2) is 34.1 Å². The minimum atomic E-state index is -0.471. The molecule has 0 spiro atoms. The van der Waals surface area contributed by atoms with E-state index in [1.165, 1.54) is 4.57 Å². The van der Waals surface area contributed by atoms with E-state index in [4.69, 9.17) is 4.74 Å². The largest absolute Gasteiger partial charge is 0.497 e. The molecule has 2 heterocycles. The molecule has 0 radical (unpaired) electrons. The molecule has 3 aromatic rings. The second-order valence-electron chi connectivity index (χ2n) is 6.97. The van der Waals surface area contributed by atoms with E-state index in [1.807, 2.05) is 38.1 Å². The van der Waals surface area contributed by atoms with Crippen LogP contribution in [0.2, 0.25) is 0 Å².